The normalized spacial score (nSPS) is 18.8. The number of nitrogens with zero attached hydrogens (tertiary/aromatic N) is 1. The number of aromatic carboxylic acids is 1. The van der Waals surface area contributed by atoms with Crippen LogP contribution in [0.15, 0.2) is 6.07 Å². The van der Waals surface area contributed by atoms with E-state index in [1.54, 1.807) is 0 Å². The van der Waals surface area contributed by atoms with Crippen molar-refractivity contribution < 1.29 is 9.90 Å². The third-order valence-corrected chi connectivity index (χ3v) is 3.48. The highest BCUT2D eigenvalue weighted by Gasteiger charge is 2.22. The van der Waals surface area contributed by atoms with Gasteiger partial charge in [0.2, 0.25) is 0 Å². The quantitative estimate of drug-likeness (QED) is 0.872. The van der Waals surface area contributed by atoms with Gasteiger partial charge in [-0.3, -0.25) is 4.98 Å². The highest BCUT2D eigenvalue weighted by atomic mass is 16.4. The molecular formula is C14H19NO2. The highest BCUT2D eigenvalue weighted by molar-refractivity contribution is 5.89. The molecule has 0 saturated heterocycles. The van der Waals surface area contributed by atoms with Crippen LogP contribution >= 0.6 is 0 Å². The van der Waals surface area contributed by atoms with Crippen molar-refractivity contribution >= 4 is 5.97 Å². The van der Waals surface area contributed by atoms with Crippen molar-refractivity contribution in [3.8, 4) is 0 Å². The van der Waals surface area contributed by atoms with Gasteiger partial charge in [-0.15, -0.1) is 0 Å². The minimum atomic E-state index is -0.845. The summed E-state index contributed by atoms with van der Waals surface area (Å²) in [5, 5.41) is 9.22. The summed E-state index contributed by atoms with van der Waals surface area (Å²) in [5.41, 5.74) is 3.43. The number of carbonyl (C=O) groups is 1. The van der Waals surface area contributed by atoms with Crippen molar-refractivity contribution in [1.29, 1.82) is 0 Å². The number of aromatic nitrogens is 1. The SMILES string of the molecule is CCCc1nc2c(cc1C(=O)O)CCCC2C. The Bertz CT molecular complexity index is 440. The van der Waals surface area contributed by atoms with Gasteiger partial charge in [0.05, 0.1) is 11.3 Å². The largest absolute Gasteiger partial charge is 0.478 e. The number of carboxylic acids is 1. The Labute approximate surface area is 102 Å². The van der Waals surface area contributed by atoms with E-state index in [9.17, 15) is 9.90 Å². The summed E-state index contributed by atoms with van der Waals surface area (Å²) in [6.07, 6.45) is 4.96. The van der Waals surface area contributed by atoms with E-state index in [0.29, 0.717) is 11.5 Å². The summed E-state index contributed by atoms with van der Waals surface area (Å²) >= 11 is 0. The summed E-state index contributed by atoms with van der Waals surface area (Å²) in [6, 6.07) is 1.85. The van der Waals surface area contributed by atoms with E-state index in [2.05, 4.69) is 18.8 Å². The predicted octanol–water partition coefficient (Wildman–Crippen LogP) is 3.17. The van der Waals surface area contributed by atoms with E-state index >= 15 is 0 Å². The van der Waals surface area contributed by atoms with Gasteiger partial charge < -0.3 is 5.11 Å². The van der Waals surface area contributed by atoms with Crippen LogP contribution < -0.4 is 0 Å². The third kappa shape index (κ3) is 2.33. The fraction of sp³-hybridized carbons (Fsp3) is 0.571. The van der Waals surface area contributed by atoms with E-state index in [0.717, 1.165) is 49.1 Å². The molecule has 1 heterocycles. The van der Waals surface area contributed by atoms with E-state index < -0.39 is 5.97 Å². The first-order valence-corrected chi connectivity index (χ1v) is 6.39. The van der Waals surface area contributed by atoms with Crippen LogP contribution in [0.4, 0.5) is 0 Å². The van der Waals surface area contributed by atoms with Crippen molar-refractivity contribution in [1.82, 2.24) is 4.98 Å². The van der Waals surface area contributed by atoms with Gasteiger partial charge in [0.1, 0.15) is 0 Å². The van der Waals surface area contributed by atoms with Gasteiger partial charge in [0, 0.05) is 5.69 Å². The zero-order valence-corrected chi connectivity index (χ0v) is 10.5. The van der Waals surface area contributed by atoms with Gasteiger partial charge in [-0.25, -0.2) is 4.79 Å². The lowest BCUT2D eigenvalue weighted by atomic mass is 9.86. The maximum Gasteiger partial charge on any atom is 0.337 e. The average molecular weight is 233 g/mol. The van der Waals surface area contributed by atoms with Gasteiger partial charge in [-0.05, 0) is 43.2 Å². The summed E-state index contributed by atoms with van der Waals surface area (Å²) in [7, 11) is 0. The molecule has 1 aliphatic carbocycles. The van der Waals surface area contributed by atoms with E-state index in [4.69, 9.17) is 0 Å². The molecule has 3 heteroatoms. The third-order valence-electron chi connectivity index (χ3n) is 3.48. The Balaban J connectivity index is 2.50. The topological polar surface area (TPSA) is 50.2 Å². The summed E-state index contributed by atoms with van der Waals surface area (Å²) < 4.78 is 0. The second kappa shape index (κ2) is 4.86. The molecule has 1 aliphatic rings. The monoisotopic (exact) mass is 233 g/mol. The molecule has 1 N–H and O–H groups in total. The number of hydrogen-bond acceptors (Lipinski definition) is 2. The predicted molar refractivity (Wildman–Crippen MR) is 66.5 cm³/mol. The first-order chi connectivity index (χ1) is 8.13. The molecule has 17 heavy (non-hydrogen) atoms. The molecule has 0 amide bonds. The Morgan fingerprint density at radius 3 is 3.00 bits per heavy atom. The average Bonchev–Trinajstić information content (AvgIpc) is 2.29. The Morgan fingerprint density at radius 2 is 2.35 bits per heavy atom. The van der Waals surface area contributed by atoms with Gasteiger partial charge in [0.25, 0.3) is 0 Å². The number of fused-ring (bicyclic) bond motifs is 1. The standard InChI is InChI=1S/C14H19NO2/c1-3-5-12-11(14(16)17)8-10-7-4-6-9(2)13(10)15-12/h8-9H,3-7H2,1-2H3,(H,16,17). The number of hydrogen-bond donors (Lipinski definition) is 1. The number of carboxylic acid groups (broad SMARTS) is 1. The lowest BCUT2D eigenvalue weighted by Gasteiger charge is -2.22. The second-order valence-electron chi connectivity index (χ2n) is 4.88. The van der Waals surface area contributed by atoms with Crippen LogP contribution in [0.5, 0.6) is 0 Å². The first kappa shape index (κ1) is 12.1. The van der Waals surface area contributed by atoms with Crippen LogP contribution in [0.1, 0.15) is 66.3 Å². The van der Waals surface area contributed by atoms with Crippen molar-refractivity contribution in [2.24, 2.45) is 0 Å². The molecule has 0 bridgehead atoms. The molecule has 2 rings (SSSR count). The number of rotatable bonds is 3. The zero-order valence-electron chi connectivity index (χ0n) is 10.5. The van der Waals surface area contributed by atoms with Gasteiger partial charge in [-0.2, -0.15) is 0 Å². The van der Waals surface area contributed by atoms with Crippen LogP contribution in [0.3, 0.4) is 0 Å². The lowest BCUT2D eigenvalue weighted by Crippen LogP contribution is -2.15. The van der Waals surface area contributed by atoms with Gasteiger partial charge >= 0.3 is 5.97 Å². The van der Waals surface area contributed by atoms with Crippen LogP contribution in [-0.2, 0) is 12.8 Å². The fourth-order valence-electron chi connectivity index (χ4n) is 2.58. The maximum absolute atomic E-state index is 11.2. The van der Waals surface area contributed by atoms with Crippen molar-refractivity contribution in [2.75, 3.05) is 0 Å². The fourth-order valence-corrected chi connectivity index (χ4v) is 2.58. The smallest absolute Gasteiger partial charge is 0.337 e. The molecule has 1 unspecified atom stereocenters. The molecule has 1 aromatic heterocycles. The molecule has 92 valence electrons. The zero-order chi connectivity index (χ0) is 12.4. The van der Waals surface area contributed by atoms with E-state index in [-0.39, 0.29) is 0 Å². The first-order valence-electron chi connectivity index (χ1n) is 6.39. The molecule has 0 aliphatic heterocycles. The van der Waals surface area contributed by atoms with Crippen LogP contribution in [-0.4, -0.2) is 16.1 Å². The molecule has 0 spiro atoms. The highest BCUT2D eigenvalue weighted by Crippen LogP contribution is 2.31. The second-order valence-corrected chi connectivity index (χ2v) is 4.88. The van der Waals surface area contributed by atoms with Crippen LogP contribution in [0, 0.1) is 0 Å². The molecular weight excluding hydrogens is 214 g/mol. The molecule has 0 aromatic carbocycles. The number of pyridine rings is 1. The van der Waals surface area contributed by atoms with Crippen molar-refractivity contribution in [3.63, 3.8) is 0 Å². The molecule has 0 fully saturated rings. The van der Waals surface area contributed by atoms with Crippen LogP contribution in [0.2, 0.25) is 0 Å². The minimum absolute atomic E-state index is 0.403. The van der Waals surface area contributed by atoms with Gasteiger partial charge in [-0.1, -0.05) is 20.3 Å². The minimum Gasteiger partial charge on any atom is -0.478 e. The molecule has 1 aromatic rings. The molecule has 0 radical (unpaired) electrons. The summed E-state index contributed by atoms with van der Waals surface area (Å²) in [5.74, 6) is -0.376. The molecule has 1 atom stereocenters. The lowest BCUT2D eigenvalue weighted by molar-refractivity contribution is 0.0695. The number of aryl methyl sites for hydroxylation is 2. The van der Waals surface area contributed by atoms with Crippen LogP contribution in [0.25, 0.3) is 0 Å². The van der Waals surface area contributed by atoms with Crippen molar-refractivity contribution in [2.45, 2.75) is 51.9 Å². The Kier molecular flexibility index (Phi) is 3.46. The summed E-state index contributed by atoms with van der Waals surface area (Å²) in [4.78, 5) is 15.8. The Hall–Kier alpha value is -1.38. The van der Waals surface area contributed by atoms with E-state index in [1.807, 2.05) is 6.07 Å². The summed E-state index contributed by atoms with van der Waals surface area (Å²) in [6.45, 7) is 4.23. The van der Waals surface area contributed by atoms with Crippen molar-refractivity contribution in [3.05, 3.63) is 28.6 Å². The molecule has 3 nitrogen and oxygen atoms in total. The molecule has 0 saturated carbocycles. The Morgan fingerprint density at radius 1 is 1.59 bits per heavy atom. The van der Waals surface area contributed by atoms with Gasteiger partial charge in [0.15, 0.2) is 0 Å². The van der Waals surface area contributed by atoms with E-state index in [1.165, 1.54) is 0 Å². The maximum atomic E-state index is 11.2.